The third kappa shape index (κ3) is 2.67. The summed E-state index contributed by atoms with van der Waals surface area (Å²) < 4.78 is 0. The molecule has 0 amide bonds. The van der Waals surface area contributed by atoms with Crippen molar-refractivity contribution in [3.05, 3.63) is 42.8 Å². The molecule has 1 nitrogen and oxygen atoms in total. The lowest BCUT2D eigenvalue weighted by Crippen LogP contribution is -2.13. The van der Waals surface area contributed by atoms with Gasteiger partial charge in [0.25, 0.3) is 0 Å². The van der Waals surface area contributed by atoms with Crippen molar-refractivity contribution in [2.45, 2.75) is 11.8 Å². The molecular formula is C10H10ClO. The highest BCUT2D eigenvalue weighted by molar-refractivity contribution is 6.31. The molecule has 12 heavy (non-hydrogen) atoms. The molecule has 1 rings (SSSR count). The van der Waals surface area contributed by atoms with E-state index in [1.807, 2.05) is 30.3 Å². The second-order valence-electron chi connectivity index (χ2n) is 2.62. The maximum Gasteiger partial charge on any atom is 0.151 e. The molecule has 1 atom stereocenters. The molecule has 2 heteroatoms. The van der Waals surface area contributed by atoms with Crippen LogP contribution in [0.15, 0.2) is 30.3 Å². The summed E-state index contributed by atoms with van der Waals surface area (Å²) in [4.78, 5) is 10.7. The third-order valence-corrected chi connectivity index (χ3v) is 2.00. The molecule has 0 unspecified atom stereocenters. The van der Waals surface area contributed by atoms with Crippen molar-refractivity contribution in [2.24, 2.45) is 0 Å². The Morgan fingerprint density at radius 2 is 2.00 bits per heavy atom. The van der Waals surface area contributed by atoms with Crippen LogP contribution >= 0.6 is 11.6 Å². The Morgan fingerprint density at radius 1 is 1.42 bits per heavy atom. The number of Topliss-reactive ketones (excluding diaryl/α,β-unsaturated/α-hetero) is 1. The van der Waals surface area contributed by atoms with Crippen molar-refractivity contribution in [3.8, 4) is 0 Å². The first-order chi connectivity index (χ1) is 5.70. The second-order valence-corrected chi connectivity index (χ2v) is 3.15. The number of alkyl halides is 1. The Kier molecular flexibility index (Phi) is 3.30. The van der Waals surface area contributed by atoms with Gasteiger partial charge in [0.05, 0.1) is 5.38 Å². The van der Waals surface area contributed by atoms with Gasteiger partial charge in [-0.3, -0.25) is 4.79 Å². The monoisotopic (exact) mass is 181 g/mol. The van der Waals surface area contributed by atoms with Gasteiger partial charge in [0.15, 0.2) is 5.78 Å². The Bertz CT molecular complexity index is 256. The predicted octanol–water partition coefficient (Wildman–Crippen LogP) is 2.24. The largest absolute Gasteiger partial charge is 0.298 e. The fraction of sp³-hybridized carbons (Fsp3) is 0.200. The zero-order chi connectivity index (χ0) is 8.97. The van der Waals surface area contributed by atoms with Crippen LogP contribution in [0.3, 0.4) is 0 Å². The first-order valence-corrected chi connectivity index (χ1v) is 4.17. The lowest BCUT2D eigenvalue weighted by atomic mass is 10.1. The minimum atomic E-state index is -0.493. The lowest BCUT2D eigenvalue weighted by Gasteiger charge is -2.04. The van der Waals surface area contributed by atoms with Crippen molar-refractivity contribution in [1.82, 2.24) is 0 Å². The third-order valence-electron chi connectivity index (χ3n) is 1.61. The fourth-order valence-corrected chi connectivity index (χ4v) is 1.11. The number of benzene rings is 1. The number of carbonyl (C=O) groups excluding carboxylic acids is 1. The molecule has 0 aliphatic rings. The van der Waals surface area contributed by atoms with Gasteiger partial charge in [-0.2, -0.15) is 0 Å². The van der Waals surface area contributed by atoms with Gasteiger partial charge in [-0.25, -0.2) is 0 Å². The maximum absolute atomic E-state index is 10.7. The summed E-state index contributed by atoms with van der Waals surface area (Å²) in [5.41, 5.74) is 1.06. The van der Waals surface area contributed by atoms with Gasteiger partial charge in [-0.1, -0.05) is 30.3 Å². The second kappa shape index (κ2) is 4.27. The van der Waals surface area contributed by atoms with Crippen LogP contribution in [0.1, 0.15) is 5.56 Å². The molecule has 0 fully saturated rings. The van der Waals surface area contributed by atoms with E-state index in [-0.39, 0.29) is 5.78 Å². The van der Waals surface area contributed by atoms with Crippen LogP contribution in [0.5, 0.6) is 0 Å². The molecule has 0 bridgehead atoms. The Balaban J connectivity index is 2.58. The number of carbonyl (C=O) groups is 1. The summed E-state index contributed by atoms with van der Waals surface area (Å²) in [6, 6.07) is 9.66. The molecule has 0 saturated heterocycles. The molecule has 1 aromatic carbocycles. The number of halogens is 1. The van der Waals surface area contributed by atoms with E-state index < -0.39 is 5.38 Å². The van der Waals surface area contributed by atoms with Gasteiger partial charge in [0, 0.05) is 6.92 Å². The average Bonchev–Trinajstić information content (AvgIpc) is 2.06. The lowest BCUT2D eigenvalue weighted by molar-refractivity contribution is -0.114. The Hall–Kier alpha value is -0.820. The summed E-state index contributed by atoms with van der Waals surface area (Å²) in [6.07, 6.45) is 0.560. The first-order valence-electron chi connectivity index (χ1n) is 3.74. The zero-order valence-corrected chi connectivity index (χ0v) is 7.42. The van der Waals surface area contributed by atoms with Crippen LogP contribution in [0.2, 0.25) is 0 Å². The van der Waals surface area contributed by atoms with Gasteiger partial charge in [0.2, 0.25) is 0 Å². The summed E-state index contributed by atoms with van der Waals surface area (Å²) >= 11 is 5.74. The van der Waals surface area contributed by atoms with Crippen LogP contribution in [0.25, 0.3) is 0 Å². The normalized spacial score (nSPS) is 12.5. The van der Waals surface area contributed by atoms with Crippen LogP contribution in [-0.4, -0.2) is 11.2 Å². The molecule has 0 saturated carbocycles. The molecule has 0 N–H and O–H groups in total. The van der Waals surface area contributed by atoms with E-state index in [1.54, 1.807) is 0 Å². The highest BCUT2D eigenvalue weighted by Gasteiger charge is 2.09. The highest BCUT2D eigenvalue weighted by atomic mass is 35.5. The maximum atomic E-state index is 10.7. The SMILES string of the molecule is [CH2]C(=O)[C@@H](Cl)Cc1ccccc1. The molecule has 1 radical (unpaired) electrons. The van der Waals surface area contributed by atoms with Gasteiger partial charge in [-0.15, -0.1) is 11.6 Å². The molecule has 1 aromatic rings. The van der Waals surface area contributed by atoms with Gasteiger partial charge >= 0.3 is 0 Å². The minimum absolute atomic E-state index is 0.222. The van der Waals surface area contributed by atoms with Crippen molar-refractivity contribution in [3.63, 3.8) is 0 Å². The fourth-order valence-electron chi connectivity index (χ4n) is 0.935. The summed E-state index contributed by atoms with van der Waals surface area (Å²) in [7, 11) is 0. The van der Waals surface area contributed by atoms with E-state index >= 15 is 0 Å². The molecule has 0 aliphatic heterocycles. The Labute approximate surface area is 77.4 Å². The molecule has 0 aliphatic carbocycles. The van der Waals surface area contributed by atoms with Crippen LogP contribution in [-0.2, 0) is 11.2 Å². The number of ketones is 1. The summed E-state index contributed by atoms with van der Waals surface area (Å²) in [5, 5.41) is -0.493. The van der Waals surface area contributed by atoms with Crippen molar-refractivity contribution >= 4 is 17.4 Å². The van der Waals surface area contributed by atoms with Gasteiger partial charge in [-0.05, 0) is 12.0 Å². The van der Waals surface area contributed by atoms with Crippen LogP contribution in [0, 0.1) is 6.92 Å². The van der Waals surface area contributed by atoms with E-state index in [0.29, 0.717) is 6.42 Å². The topological polar surface area (TPSA) is 17.1 Å². The molecule has 63 valence electrons. The van der Waals surface area contributed by atoms with Crippen molar-refractivity contribution < 1.29 is 4.79 Å². The quantitative estimate of drug-likeness (QED) is 0.654. The summed E-state index contributed by atoms with van der Waals surface area (Å²) in [6.45, 7) is 3.26. The van der Waals surface area contributed by atoms with Crippen molar-refractivity contribution in [2.75, 3.05) is 0 Å². The molecule has 0 aromatic heterocycles. The van der Waals surface area contributed by atoms with E-state index in [2.05, 4.69) is 6.92 Å². The number of hydrogen-bond donors (Lipinski definition) is 0. The average molecular weight is 182 g/mol. The Morgan fingerprint density at radius 3 is 2.50 bits per heavy atom. The molecule has 0 heterocycles. The predicted molar refractivity (Wildman–Crippen MR) is 50.2 cm³/mol. The van der Waals surface area contributed by atoms with Gasteiger partial charge in [0.1, 0.15) is 0 Å². The van der Waals surface area contributed by atoms with E-state index in [4.69, 9.17) is 11.6 Å². The van der Waals surface area contributed by atoms with E-state index in [9.17, 15) is 4.79 Å². The smallest absolute Gasteiger partial charge is 0.151 e. The number of rotatable bonds is 3. The number of hydrogen-bond acceptors (Lipinski definition) is 1. The van der Waals surface area contributed by atoms with E-state index in [0.717, 1.165) is 5.56 Å². The first kappa shape index (κ1) is 9.27. The van der Waals surface area contributed by atoms with Crippen LogP contribution < -0.4 is 0 Å². The minimum Gasteiger partial charge on any atom is -0.298 e. The standard InChI is InChI=1S/C10H10ClO/c1-8(12)10(11)7-9-5-3-2-4-6-9/h2-6,10H,1,7H2/t10-/m0/s1. The van der Waals surface area contributed by atoms with Crippen molar-refractivity contribution in [1.29, 1.82) is 0 Å². The molecular weight excluding hydrogens is 172 g/mol. The van der Waals surface area contributed by atoms with Gasteiger partial charge < -0.3 is 0 Å². The molecule has 0 spiro atoms. The van der Waals surface area contributed by atoms with E-state index in [1.165, 1.54) is 0 Å². The highest BCUT2D eigenvalue weighted by Crippen LogP contribution is 2.08. The summed E-state index contributed by atoms with van der Waals surface area (Å²) in [5.74, 6) is -0.222. The van der Waals surface area contributed by atoms with Crippen LogP contribution in [0.4, 0.5) is 0 Å². The zero-order valence-electron chi connectivity index (χ0n) is 6.66.